The van der Waals surface area contributed by atoms with Gasteiger partial charge in [-0.25, -0.2) is 0 Å². The second kappa shape index (κ2) is 8.82. The Hall–Kier alpha value is -3.31. The van der Waals surface area contributed by atoms with Crippen LogP contribution in [-0.4, -0.2) is 27.2 Å². The molecule has 0 fully saturated rings. The van der Waals surface area contributed by atoms with Crippen molar-refractivity contribution in [2.45, 2.75) is 25.1 Å². The number of carboxylic acids is 1. The molecular formula is C20H17F3N2O5S. The lowest BCUT2D eigenvalue weighted by atomic mass is 10.1. The maximum Gasteiger partial charge on any atom is 0.419 e. The van der Waals surface area contributed by atoms with E-state index in [-0.39, 0.29) is 34.9 Å². The van der Waals surface area contributed by atoms with E-state index in [1.165, 1.54) is 36.4 Å². The van der Waals surface area contributed by atoms with Gasteiger partial charge in [0.2, 0.25) is 5.88 Å². The summed E-state index contributed by atoms with van der Waals surface area (Å²) < 4.78 is 46.2. The Kier molecular flexibility index (Phi) is 6.37. The second-order valence-electron chi connectivity index (χ2n) is 6.69. The number of nitrogens with one attached hydrogen (secondary N) is 1. The molecule has 1 unspecified atom stereocenters. The van der Waals surface area contributed by atoms with Gasteiger partial charge in [-0.05, 0) is 41.8 Å². The van der Waals surface area contributed by atoms with Gasteiger partial charge in [-0.2, -0.15) is 13.2 Å². The van der Waals surface area contributed by atoms with Gasteiger partial charge in [0.05, 0.1) is 10.4 Å². The highest BCUT2D eigenvalue weighted by Crippen LogP contribution is 2.39. The summed E-state index contributed by atoms with van der Waals surface area (Å²) in [6.07, 6.45) is -4.69. The molecule has 0 radical (unpaired) electrons. The number of rotatable bonds is 7. The Morgan fingerprint density at radius 3 is 2.35 bits per heavy atom. The predicted octanol–water partition coefficient (Wildman–Crippen LogP) is 3.50. The largest absolute Gasteiger partial charge is 0.494 e. The molecule has 164 valence electrons. The van der Waals surface area contributed by atoms with E-state index < -0.39 is 34.4 Å². The molecule has 1 aromatic heterocycles. The molecule has 0 aliphatic rings. The number of aliphatic carboxylic acids is 1. The van der Waals surface area contributed by atoms with Gasteiger partial charge in [-0.3, -0.25) is 14.6 Å². The molecular weight excluding hydrogens is 437 g/mol. The first-order valence-corrected chi connectivity index (χ1v) is 9.71. The third-order valence-electron chi connectivity index (χ3n) is 4.34. The molecule has 0 saturated carbocycles. The molecule has 0 aliphatic heterocycles. The normalized spacial score (nSPS) is 12.5. The zero-order chi connectivity index (χ0) is 22.8. The molecule has 0 saturated heterocycles. The molecule has 0 bridgehead atoms. The lowest BCUT2D eigenvalue weighted by Gasteiger charge is -2.15. The monoisotopic (exact) mass is 454 g/mol. The molecule has 2 aromatic carbocycles. The summed E-state index contributed by atoms with van der Waals surface area (Å²) in [6.45, 7) is 0. The van der Waals surface area contributed by atoms with Crippen LogP contribution in [0.3, 0.4) is 0 Å². The standard InChI is InChI=1S/C20H17F3N2O5S/c21-20(22,23)13-7-11(9-16-17(26)25-19(29)31-16)3-6-15(13)30-12-4-1-10(2-5-12)8-14(24)18(27)28/h1-7,14,26H,8-9,24H2,(H,25,29)(H,27,28). The summed E-state index contributed by atoms with van der Waals surface area (Å²) in [5, 5.41) is 18.5. The molecule has 5 N–H and O–H groups in total. The van der Waals surface area contributed by atoms with Crippen LogP contribution in [-0.2, 0) is 23.8 Å². The number of hydrogen-bond acceptors (Lipinski definition) is 6. The minimum Gasteiger partial charge on any atom is -0.494 e. The van der Waals surface area contributed by atoms with E-state index in [2.05, 4.69) is 4.98 Å². The third-order valence-corrected chi connectivity index (χ3v) is 5.21. The Bertz CT molecular complexity index is 1140. The number of halogens is 3. The van der Waals surface area contributed by atoms with Gasteiger partial charge >= 0.3 is 17.0 Å². The van der Waals surface area contributed by atoms with Crippen LogP contribution in [0, 0.1) is 0 Å². The first kappa shape index (κ1) is 22.4. The van der Waals surface area contributed by atoms with Gasteiger partial charge in [0, 0.05) is 6.42 Å². The number of nitrogens with two attached hydrogens (primary N) is 1. The number of ether oxygens (including phenoxy) is 1. The number of aromatic nitrogens is 1. The predicted molar refractivity (Wildman–Crippen MR) is 107 cm³/mol. The summed E-state index contributed by atoms with van der Waals surface area (Å²) >= 11 is 0.717. The smallest absolute Gasteiger partial charge is 0.419 e. The van der Waals surface area contributed by atoms with Crippen LogP contribution in [0.5, 0.6) is 17.4 Å². The zero-order valence-electron chi connectivity index (χ0n) is 15.8. The molecule has 7 nitrogen and oxygen atoms in total. The topological polar surface area (TPSA) is 126 Å². The first-order valence-electron chi connectivity index (χ1n) is 8.89. The highest BCUT2D eigenvalue weighted by Gasteiger charge is 2.35. The maximum atomic E-state index is 13.6. The molecule has 1 atom stereocenters. The van der Waals surface area contributed by atoms with E-state index >= 15 is 0 Å². The van der Waals surface area contributed by atoms with Crippen molar-refractivity contribution in [2.75, 3.05) is 0 Å². The summed E-state index contributed by atoms with van der Waals surface area (Å²) in [4.78, 5) is 24.0. The summed E-state index contributed by atoms with van der Waals surface area (Å²) in [7, 11) is 0. The Morgan fingerprint density at radius 2 is 1.81 bits per heavy atom. The molecule has 0 aliphatic carbocycles. The lowest BCUT2D eigenvalue weighted by Crippen LogP contribution is -2.32. The quantitative estimate of drug-likeness (QED) is 0.433. The molecule has 3 aromatic rings. The molecule has 11 heteroatoms. The van der Waals surface area contributed by atoms with Crippen LogP contribution in [0.2, 0.25) is 0 Å². The Labute approximate surface area is 177 Å². The summed E-state index contributed by atoms with van der Waals surface area (Å²) in [6, 6.07) is 8.29. The van der Waals surface area contributed by atoms with Crippen LogP contribution in [0.15, 0.2) is 47.3 Å². The number of H-pyrrole nitrogens is 1. The minimum absolute atomic E-state index is 0.0584. The molecule has 1 heterocycles. The van der Waals surface area contributed by atoms with E-state index in [1.54, 1.807) is 0 Å². The summed E-state index contributed by atoms with van der Waals surface area (Å²) in [5.74, 6) is -1.81. The van der Waals surface area contributed by atoms with Crippen molar-refractivity contribution in [3.8, 4) is 17.4 Å². The van der Waals surface area contributed by atoms with Crippen molar-refractivity contribution in [3.05, 3.63) is 73.7 Å². The molecule has 31 heavy (non-hydrogen) atoms. The number of aromatic hydroxyl groups is 1. The van der Waals surface area contributed by atoms with Gasteiger partial charge < -0.3 is 20.7 Å². The first-order chi connectivity index (χ1) is 14.5. The Balaban J connectivity index is 1.83. The van der Waals surface area contributed by atoms with Crippen LogP contribution in [0.4, 0.5) is 13.2 Å². The van der Waals surface area contributed by atoms with Crippen LogP contribution in [0.25, 0.3) is 0 Å². The van der Waals surface area contributed by atoms with Gasteiger partial charge in [-0.1, -0.05) is 29.5 Å². The van der Waals surface area contributed by atoms with Crippen molar-refractivity contribution < 1.29 is 32.9 Å². The average molecular weight is 454 g/mol. The lowest BCUT2D eigenvalue weighted by molar-refractivity contribution is -0.139. The highest BCUT2D eigenvalue weighted by atomic mass is 32.1. The fraction of sp³-hybridized carbons (Fsp3) is 0.200. The van der Waals surface area contributed by atoms with E-state index in [1.807, 2.05) is 0 Å². The SMILES string of the molecule is NC(Cc1ccc(Oc2ccc(Cc3sc(=O)[nH]c3O)cc2C(F)(F)F)cc1)C(=O)O. The zero-order valence-corrected chi connectivity index (χ0v) is 16.6. The number of carboxylic acid groups (broad SMARTS) is 1. The summed E-state index contributed by atoms with van der Waals surface area (Å²) in [5.41, 5.74) is 5.29. The van der Waals surface area contributed by atoms with Gasteiger partial charge in [0.1, 0.15) is 17.5 Å². The van der Waals surface area contributed by atoms with E-state index in [0.29, 0.717) is 5.56 Å². The number of benzene rings is 2. The van der Waals surface area contributed by atoms with Crippen molar-refractivity contribution in [2.24, 2.45) is 5.73 Å². The number of thiazole rings is 1. The molecule has 3 rings (SSSR count). The van der Waals surface area contributed by atoms with Gasteiger partial charge in [0.15, 0.2) is 0 Å². The van der Waals surface area contributed by atoms with Gasteiger partial charge in [-0.15, -0.1) is 0 Å². The number of aromatic amines is 1. The van der Waals surface area contributed by atoms with Crippen molar-refractivity contribution in [3.63, 3.8) is 0 Å². The highest BCUT2D eigenvalue weighted by molar-refractivity contribution is 7.09. The fourth-order valence-electron chi connectivity index (χ4n) is 2.82. The van der Waals surface area contributed by atoms with Crippen LogP contribution >= 0.6 is 11.3 Å². The van der Waals surface area contributed by atoms with Crippen molar-refractivity contribution >= 4 is 17.3 Å². The van der Waals surface area contributed by atoms with Crippen LogP contribution < -0.4 is 15.3 Å². The van der Waals surface area contributed by atoms with E-state index in [4.69, 9.17) is 15.6 Å². The number of carbonyl (C=O) groups is 1. The maximum absolute atomic E-state index is 13.6. The molecule has 0 amide bonds. The van der Waals surface area contributed by atoms with Crippen LogP contribution in [0.1, 0.15) is 21.6 Å². The fourth-order valence-corrected chi connectivity index (χ4v) is 3.57. The van der Waals surface area contributed by atoms with E-state index in [0.717, 1.165) is 17.4 Å². The Morgan fingerprint density at radius 1 is 1.16 bits per heavy atom. The number of alkyl halides is 3. The second-order valence-corrected chi connectivity index (χ2v) is 7.75. The number of hydrogen-bond donors (Lipinski definition) is 4. The van der Waals surface area contributed by atoms with Crippen molar-refractivity contribution in [1.29, 1.82) is 0 Å². The van der Waals surface area contributed by atoms with E-state index in [9.17, 15) is 27.9 Å². The minimum atomic E-state index is -4.70. The average Bonchev–Trinajstić information content (AvgIpc) is 3.00. The van der Waals surface area contributed by atoms with Crippen molar-refractivity contribution in [1.82, 2.24) is 4.98 Å². The third kappa shape index (κ3) is 5.64. The molecule has 0 spiro atoms. The van der Waals surface area contributed by atoms with Gasteiger partial charge in [0.25, 0.3) is 0 Å².